The highest BCUT2D eigenvalue weighted by atomic mass is 32.2. The number of rotatable bonds is 6. The summed E-state index contributed by atoms with van der Waals surface area (Å²) in [6.45, 7) is 4.66. The zero-order valence-corrected chi connectivity index (χ0v) is 15.9. The lowest BCUT2D eigenvalue weighted by Crippen LogP contribution is -2.48. The van der Waals surface area contributed by atoms with E-state index >= 15 is 0 Å². The Hall–Kier alpha value is -1.47. The first-order valence-electron chi connectivity index (χ1n) is 8.83. The zero-order valence-electron chi connectivity index (χ0n) is 15.1. The molecule has 0 spiro atoms. The van der Waals surface area contributed by atoms with Crippen LogP contribution in [0.2, 0.25) is 0 Å². The van der Waals surface area contributed by atoms with E-state index in [0.29, 0.717) is 19.4 Å². The van der Waals surface area contributed by atoms with E-state index in [-0.39, 0.29) is 29.3 Å². The van der Waals surface area contributed by atoms with E-state index < -0.39 is 15.8 Å². The van der Waals surface area contributed by atoms with Gasteiger partial charge in [-0.3, -0.25) is 4.79 Å². The van der Waals surface area contributed by atoms with E-state index in [0.717, 1.165) is 25.0 Å². The number of hydrogen-bond donors (Lipinski definition) is 0. The molecular formula is C18H27FN2O3S. The molecule has 0 radical (unpaired) electrons. The van der Waals surface area contributed by atoms with Crippen molar-refractivity contribution in [1.82, 2.24) is 9.21 Å². The summed E-state index contributed by atoms with van der Waals surface area (Å²) in [5.74, 6) is -0.792. The standard InChI is InChI=1S/C18H27FN2O3S/c1-4-16(5-2)20(3)18(22)14-7-6-12-21(13-14)25(23,24)17-10-8-15(19)9-11-17/h8-11,14,16H,4-7,12-13H2,1-3H3. The van der Waals surface area contributed by atoms with Gasteiger partial charge in [-0.25, -0.2) is 12.8 Å². The zero-order chi connectivity index (χ0) is 18.6. The molecule has 1 aromatic rings. The van der Waals surface area contributed by atoms with Crippen molar-refractivity contribution in [3.63, 3.8) is 0 Å². The van der Waals surface area contributed by atoms with Crippen molar-refractivity contribution in [3.8, 4) is 0 Å². The predicted molar refractivity (Wildman–Crippen MR) is 95.0 cm³/mol. The fourth-order valence-electron chi connectivity index (χ4n) is 3.42. The minimum atomic E-state index is -3.71. The second-order valence-corrected chi connectivity index (χ2v) is 8.51. The molecule has 1 aliphatic heterocycles. The molecule has 140 valence electrons. The van der Waals surface area contributed by atoms with Crippen LogP contribution >= 0.6 is 0 Å². The lowest BCUT2D eigenvalue weighted by atomic mass is 9.97. The predicted octanol–water partition coefficient (Wildman–Crippen LogP) is 2.87. The van der Waals surface area contributed by atoms with E-state index in [1.165, 1.54) is 16.4 Å². The molecule has 1 saturated heterocycles. The second-order valence-electron chi connectivity index (χ2n) is 6.58. The summed E-state index contributed by atoms with van der Waals surface area (Å²) < 4.78 is 39.9. The van der Waals surface area contributed by atoms with E-state index in [4.69, 9.17) is 0 Å². The summed E-state index contributed by atoms with van der Waals surface area (Å²) in [5, 5.41) is 0. The largest absolute Gasteiger partial charge is 0.343 e. The fraction of sp³-hybridized carbons (Fsp3) is 0.611. The average molecular weight is 370 g/mol. The molecular weight excluding hydrogens is 343 g/mol. The smallest absolute Gasteiger partial charge is 0.243 e. The van der Waals surface area contributed by atoms with Gasteiger partial charge in [0, 0.05) is 26.2 Å². The highest BCUT2D eigenvalue weighted by Crippen LogP contribution is 2.26. The first-order valence-corrected chi connectivity index (χ1v) is 10.3. The van der Waals surface area contributed by atoms with Gasteiger partial charge in [-0.2, -0.15) is 4.31 Å². The molecule has 0 aliphatic carbocycles. The van der Waals surface area contributed by atoms with Crippen molar-refractivity contribution >= 4 is 15.9 Å². The van der Waals surface area contributed by atoms with Gasteiger partial charge < -0.3 is 4.90 Å². The van der Waals surface area contributed by atoms with Crippen molar-refractivity contribution in [1.29, 1.82) is 0 Å². The molecule has 1 fully saturated rings. The van der Waals surface area contributed by atoms with Crippen LogP contribution < -0.4 is 0 Å². The first-order chi connectivity index (χ1) is 11.8. The lowest BCUT2D eigenvalue weighted by Gasteiger charge is -2.35. The Kier molecular flexibility index (Phi) is 6.57. The van der Waals surface area contributed by atoms with Crippen molar-refractivity contribution in [2.75, 3.05) is 20.1 Å². The summed E-state index contributed by atoms with van der Waals surface area (Å²) in [5.41, 5.74) is 0. The summed E-state index contributed by atoms with van der Waals surface area (Å²) in [6.07, 6.45) is 3.10. The van der Waals surface area contributed by atoms with Crippen molar-refractivity contribution < 1.29 is 17.6 Å². The Bertz CT molecular complexity index is 687. The van der Waals surface area contributed by atoms with Crippen LogP contribution in [0.15, 0.2) is 29.2 Å². The van der Waals surface area contributed by atoms with Gasteiger partial charge in [0.1, 0.15) is 5.82 Å². The number of benzene rings is 1. The van der Waals surface area contributed by atoms with Gasteiger partial charge in [0.15, 0.2) is 0 Å². The maximum atomic E-state index is 13.1. The molecule has 25 heavy (non-hydrogen) atoms. The molecule has 1 atom stereocenters. The highest BCUT2D eigenvalue weighted by Gasteiger charge is 2.35. The van der Waals surface area contributed by atoms with Crippen molar-refractivity contribution in [3.05, 3.63) is 30.1 Å². The molecule has 2 rings (SSSR count). The summed E-state index contributed by atoms with van der Waals surface area (Å²) in [4.78, 5) is 14.6. The lowest BCUT2D eigenvalue weighted by molar-refractivity contribution is -0.137. The minimum absolute atomic E-state index is 0.00714. The molecule has 0 saturated carbocycles. The molecule has 1 aliphatic rings. The molecule has 5 nitrogen and oxygen atoms in total. The molecule has 1 heterocycles. The van der Waals surface area contributed by atoms with Crippen molar-refractivity contribution in [2.24, 2.45) is 5.92 Å². The number of nitrogens with zero attached hydrogens (tertiary/aromatic N) is 2. The third kappa shape index (κ3) is 4.39. The number of carbonyl (C=O) groups is 1. The highest BCUT2D eigenvalue weighted by molar-refractivity contribution is 7.89. The van der Waals surface area contributed by atoms with Gasteiger partial charge in [0.05, 0.1) is 10.8 Å². The molecule has 0 N–H and O–H groups in total. The topological polar surface area (TPSA) is 57.7 Å². The summed E-state index contributed by atoms with van der Waals surface area (Å²) in [6, 6.07) is 5.00. The van der Waals surface area contributed by atoms with Gasteiger partial charge in [0.2, 0.25) is 15.9 Å². The Morgan fingerprint density at radius 3 is 2.44 bits per heavy atom. The van der Waals surface area contributed by atoms with Crippen LogP contribution in [0.5, 0.6) is 0 Å². The summed E-state index contributed by atoms with van der Waals surface area (Å²) >= 11 is 0. The molecule has 1 aromatic carbocycles. The molecule has 1 amide bonds. The van der Waals surface area contributed by atoms with Crippen LogP contribution in [0, 0.1) is 11.7 Å². The van der Waals surface area contributed by atoms with Gasteiger partial charge in [0.25, 0.3) is 0 Å². The summed E-state index contributed by atoms with van der Waals surface area (Å²) in [7, 11) is -1.91. The maximum Gasteiger partial charge on any atom is 0.243 e. The van der Waals surface area contributed by atoms with Gasteiger partial charge >= 0.3 is 0 Å². The van der Waals surface area contributed by atoms with Gasteiger partial charge in [-0.15, -0.1) is 0 Å². The second kappa shape index (κ2) is 8.27. The monoisotopic (exact) mass is 370 g/mol. The van der Waals surface area contributed by atoms with Crippen LogP contribution in [0.4, 0.5) is 4.39 Å². The SMILES string of the molecule is CCC(CC)N(C)C(=O)C1CCCN(S(=O)(=O)c2ccc(F)cc2)C1. The maximum absolute atomic E-state index is 13.1. The van der Waals surface area contributed by atoms with Crippen LogP contribution in [-0.2, 0) is 14.8 Å². The van der Waals surface area contributed by atoms with Gasteiger partial charge in [-0.05, 0) is 49.9 Å². The van der Waals surface area contributed by atoms with Crippen LogP contribution in [-0.4, -0.2) is 49.7 Å². The fourth-order valence-corrected chi connectivity index (χ4v) is 4.95. The average Bonchev–Trinajstić information content (AvgIpc) is 2.62. The third-order valence-corrected chi connectivity index (χ3v) is 6.90. The van der Waals surface area contributed by atoms with E-state index in [2.05, 4.69) is 0 Å². The Morgan fingerprint density at radius 2 is 1.88 bits per heavy atom. The van der Waals surface area contributed by atoms with Crippen LogP contribution in [0.25, 0.3) is 0 Å². The van der Waals surface area contributed by atoms with E-state index in [1.54, 1.807) is 11.9 Å². The molecule has 0 bridgehead atoms. The number of carbonyl (C=O) groups excluding carboxylic acids is 1. The van der Waals surface area contributed by atoms with E-state index in [1.807, 2.05) is 13.8 Å². The first kappa shape index (κ1) is 19.8. The Labute approximate surface area is 149 Å². The van der Waals surface area contributed by atoms with Crippen LogP contribution in [0.3, 0.4) is 0 Å². The number of amides is 1. The molecule has 7 heteroatoms. The van der Waals surface area contributed by atoms with Crippen LogP contribution in [0.1, 0.15) is 39.5 Å². The minimum Gasteiger partial charge on any atom is -0.343 e. The number of hydrogen-bond acceptors (Lipinski definition) is 3. The molecule has 0 aromatic heterocycles. The number of piperidine rings is 1. The Morgan fingerprint density at radius 1 is 1.28 bits per heavy atom. The number of halogens is 1. The Balaban J connectivity index is 2.14. The third-order valence-electron chi connectivity index (χ3n) is 5.02. The van der Waals surface area contributed by atoms with E-state index in [9.17, 15) is 17.6 Å². The quantitative estimate of drug-likeness (QED) is 0.774. The number of sulfonamides is 1. The molecule has 1 unspecified atom stereocenters. The van der Waals surface area contributed by atoms with Crippen molar-refractivity contribution in [2.45, 2.75) is 50.5 Å². The normalized spacial score (nSPS) is 19.2. The van der Waals surface area contributed by atoms with Gasteiger partial charge in [-0.1, -0.05) is 13.8 Å².